The molecule has 0 saturated carbocycles. The highest BCUT2D eigenvalue weighted by Crippen LogP contribution is 2.52. The SMILES string of the molecule is CC(=O)c1cc(-c2cc3sc(Nc4cc(C)[nH]n4)nc3nc2C(Cc2cc(F)cc(F)c2)NC(=O)Cn2nc(C(F)F)c3c2C(F)(F)CCC3(F)F)ccc1F. The summed E-state index contributed by atoms with van der Waals surface area (Å²) < 4.78 is 132. The smallest absolute Gasteiger partial charge is 0.290 e. The summed E-state index contributed by atoms with van der Waals surface area (Å²) in [6.07, 6.45) is -6.97. The van der Waals surface area contributed by atoms with Crippen LogP contribution in [0.3, 0.4) is 0 Å². The average molecular weight is 807 g/mol. The number of halogens is 9. The van der Waals surface area contributed by atoms with Crippen LogP contribution in [0.25, 0.3) is 21.5 Å². The highest BCUT2D eigenvalue weighted by Gasteiger charge is 2.55. The van der Waals surface area contributed by atoms with E-state index in [9.17, 15) is 40.3 Å². The molecule has 10 nitrogen and oxygen atoms in total. The molecule has 0 aliphatic heterocycles. The second-order valence-electron chi connectivity index (χ2n) is 13.2. The second kappa shape index (κ2) is 14.4. The Balaban J connectivity index is 1.36. The molecular formula is C36H27F9N8O2S. The van der Waals surface area contributed by atoms with Gasteiger partial charge in [-0.15, -0.1) is 0 Å². The van der Waals surface area contributed by atoms with Gasteiger partial charge in [0.2, 0.25) is 5.91 Å². The molecule has 1 unspecified atom stereocenters. The summed E-state index contributed by atoms with van der Waals surface area (Å²) in [6, 6.07) is 7.86. The van der Waals surface area contributed by atoms with Crippen molar-refractivity contribution in [2.24, 2.45) is 0 Å². The third-order valence-corrected chi connectivity index (χ3v) is 9.89. The molecule has 292 valence electrons. The van der Waals surface area contributed by atoms with Crippen molar-refractivity contribution in [1.82, 2.24) is 35.3 Å². The fourth-order valence-electron chi connectivity index (χ4n) is 6.58. The number of aryl methyl sites for hydroxylation is 1. The monoisotopic (exact) mass is 806 g/mol. The lowest BCUT2D eigenvalue weighted by atomic mass is 9.89. The van der Waals surface area contributed by atoms with E-state index in [-0.39, 0.29) is 38.3 Å². The summed E-state index contributed by atoms with van der Waals surface area (Å²) in [5, 5.41) is 16.0. The van der Waals surface area contributed by atoms with Crippen molar-refractivity contribution >= 4 is 44.3 Å². The lowest BCUT2D eigenvalue weighted by Crippen LogP contribution is -2.37. The molecule has 4 aromatic heterocycles. The number of pyridine rings is 1. The van der Waals surface area contributed by atoms with Gasteiger partial charge < -0.3 is 10.6 Å². The number of aromatic nitrogens is 6. The van der Waals surface area contributed by atoms with Crippen molar-refractivity contribution in [2.75, 3.05) is 5.32 Å². The summed E-state index contributed by atoms with van der Waals surface area (Å²) in [5.41, 5.74) is -4.05. The van der Waals surface area contributed by atoms with Crippen LogP contribution in [-0.2, 0) is 29.6 Å². The van der Waals surface area contributed by atoms with Gasteiger partial charge in [0.1, 0.15) is 35.4 Å². The molecule has 1 aliphatic rings. The van der Waals surface area contributed by atoms with Crippen LogP contribution in [0.4, 0.5) is 50.5 Å². The van der Waals surface area contributed by atoms with Gasteiger partial charge in [0, 0.05) is 36.2 Å². The van der Waals surface area contributed by atoms with E-state index in [0.717, 1.165) is 42.2 Å². The zero-order valence-corrected chi connectivity index (χ0v) is 29.8. The van der Waals surface area contributed by atoms with Crippen LogP contribution in [0.15, 0.2) is 48.5 Å². The number of alkyl halides is 6. The topological polar surface area (TPSA) is 130 Å². The molecule has 3 N–H and O–H groups in total. The zero-order chi connectivity index (χ0) is 40.3. The Morgan fingerprint density at radius 3 is 2.32 bits per heavy atom. The van der Waals surface area contributed by atoms with Gasteiger partial charge in [-0.25, -0.2) is 35.7 Å². The molecule has 6 aromatic rings. The van der Waals surface area contributed by atoms with Gasteiger partial charge in [-0.05, 0) is 61.7 Å². The van der Waals surface area contributed by atoms with Crippen LogP contribution < -0.4 is 10.6 Å². The number of nitrogens with one attached hydrogen (secondary N) is 3. The summed E-state index contributed by atoms with van der Waals surface area (Å²) in [4.78, 5) is 35.3. The number of thiazole rings is 1. The van der Waals surface area contributed by atoms with Gasteiger partial charge in [0.25, 0.3) is 18.3 Å². The van der Waals surface area contributed by atoms with E-state index in [2.05, 4.69) is 35.9 Å². The van der Waals surface area contributed by atoms with Crippen molar-refractivity contribution in [1.29, 1.82) is 0 Å². The summed E-state index contributed by atoms with van der Waals surface area (Å²) >= 11 is 1.11. The molecule has 1 aliphatic carbocycles. The molecule has 0 fully saturated rings. The van der Waals surface area contributed by atoms with Crippen LogP contribution in [0.2, 0.25) is 0 Å². The van der Waals surface area contributed by atoms with E-state index in [0.29, 0.717) is 21.7 Å². The number of ketones is 1. The Bertz CT molecular complexity index is 2500. The van der Waals surface area contributed by atoms with Crippen molar-refractivity contribution in [3.8, 4) is 11.1 Å². The Hall–Kier alpha value is -5.79. The maximum Gasteiger partial charge on any atom is 0.290 e. The molecule has 4 heterocycles. The van der Waals surface area contributed by atoms with Crippen molar-refractivity contribution in [3.05, 3.63) is 105 Å². The lowest BCUT2D eigenvalue weighted by Gasteiger charge is -2.29. The number of benzene rings is 2. The lowest BCUT2D eigenvalue weighted by molar-refractivity contribution is -0.123. The van der Waals surface area contributed by atoms with E-state index in [4.69, 9.17) is 0 Å². The summed E-state index contributed by atoms with van der Waals surface area (Å²) in [7, 11) is 0. The average Bonchev–Trinajstić information content (AvgIpc) is 3.82. The van der Waals surface area contributed by atoms with Gasteiger partial charge in [0.05, 0.1) is 27.6 Å². The minimum Gasteiger partial charge on any atom is -0.346 e. The molecule has 0 saturated heterocycles. The molecule has 0 radical (unpaired) electrons. The van der Waals surface area contributed by atoms with Crippen LogP contribution in [0, 0.1) is 24.4 Å². The number of hydrogen-bond acceptors (Lipinski definition) is 8. The Labute approximate surface area is 314 Å². The van der Waals surface area contributed by atoms with E-state index < -0.39 is 96.2 Å². The van der Waals surface area contributed by atoms with Crippen LogP contribution >= 0.6 is 11.3 Å². The van der Waals surface area contributed by atoms with Crippen molar-refractivity contribution in [3.63, 3.8) is 0 Å². The quantitative estimate of drug-likeness (QED) is 0.0881. The first-order chi connectivity index (χ1) is 26.4. The molecule has 1 amide bonds. The Kier molecular flexibility index (Phi) is 9.88. The van der Waals surface area contributed by atoms with E-state index in [1.54, 1.807) is 19.1 Å². The van der Waals surface area contributed by atoms with Gasteiger partial charge in [-0.1, -0.05) is 17.4 Å². The first kappa shape index (κ1) is 38.5. The number of carbonyl (C=O) groups is 2. The van der Waals surface area contributed by atoms with E-state index in [1.807, 2.05) is 0 Å². The first-order valence-electron chi connectivity index (χ1n) is 16.7. The second-order valence-corrected chi connectivity index (χ2v) is 14.2. The summed E-state index contributed by atoms with van der Waals surface area (Å²) in [5.74, 6) is -12.4. The highest BCUT2D eigenvalue weighted by atomic mass is 32.1. The van der Waals surface area contributed by atoms with Gasteiger partial charge in [-0.2, -0.15) is 24.0 Å². The number of carbonyl (C=O) groups excluding carboxylic acids is 2. The number of amides is 1. The van der Waals surface area contributed by atoms with Crippen LogP contribution in [-0.4, -0.2) is 41.6 Å². The zero-order valence-electron chi connectivity index (χ0n) is 29.0. The first-order valence-corrected chi connectivity index (χ1v) is 17.5. The van der Waals surface area contributed by atoms with E-state index in [1.165, 1.54) is 12.1 Å². The number of nitrogens with zero attached hydrogens (tertiary/aromatic N) is 5. The van der Waals surface area contributed by atoms with Crippen LogP contribution in [0.1, 0.15) is 76.5 Å². The number of rotatable bonds is 11. The van der Waals surface area contributed by atoms with Gasteiger partial charge in [-0.3, -0.25) is 19.4 Å². The van der Waals surface area contributed by atoms with Gasteiger partial charge in [0.15, 0.2) is 22.4 Å². The molecule has 0 bridgehead atoms. The van der Waals surface area contributed by atoms with Crippen molar-refractivity contribution in [2.45, 2.75) is 64.0 Å². The van der Waals surface area contributed by atoms with Crippen LogP contribution in [0.5, 0.6) is 0 Å². The fraction of sp³-hybridized carbons (Fsp3) is 0.278. The molecule has 2 aromatic carbocycles. The van der Waals surface area contributed by atoms with E-state index >= 15 is 8.78 Å². The Morgan fingerprint density at radius 2 is 1.66 bits per heavy atom. The fourth-order valence-corrected chi connectivity index (χ4v) is 7.43. The standard InChI is InChI=1S/C36H27F9N8O2S/c1-15-7-26(51-50-15)47-34-49-33-25(56-34)13-22(18-3-4-23(39)21(11-18)16(2)54)29(48-33)24(10-17-8-19(37)12-20(38)9-17)46-27(55)14-53-31-28(30(52-53)32(40)41)35(42,43)5-6-36(31,44)45/h3-4,7-9,11-13,24,32H,5-6,10,14H2,1-2H3,(H,46,55)(H2,47,48,49,50,51). The minimum absolute atomic E-state index is 0.0404. The molecule has 1 atom stereocenters. The largest absolute Gasteiger partial charge is 0.346 e. The molecule has 7 rings (SSSR count). The minimum atomic E-state index is -4.10. The molecule has 56 heavy (non-hydrogen) atoms. The van der Waals surface area contributed by atoms with Crippen molar-refractivity contribution < 1.29 is 49.1 Å². The number of H-pyrrole nitrogens is 1. The number of Topliss-reactive ketones (excluding diaryl/α,β-unsaturated/α-hetero) is 1. The number of fused-ring (bicyclic) bond motifs is 2. The molecular weight excluding hydrogens is 779 g/mol. The number of aromatic amines is 1. The van der Waals surface area contributed by atoms with Gasteiger partial charge >= 0.3 is 0 Å². The maximum atomic E-state index is 15.1. The maximum absolute atomic E-state index is 15.1. The molecule has 0 spiro atoms. The third kappa shape index (κ3) is 7.56. The summed E-state index contributed by atoms with van der Waals surface area (Å²) in [6.45, 7) is 1.65. The third-order valence-electron chi connectivity index (χ3n) is 8.98. The number of hydrogen-bond donors (Lipinski definition) is 3. The predicted octanol–water partition coefficient (Wildman–Crippen LogP) is 8.97. The Morgan fingerprint density at radius 1 is 0.946 bits per heavy atom. The highest BCUT2D eigenvalue weighted by molar-refractivity contribution is 7.22. The normalized spacial score (nSPS) is 15.2. The predicted molar refractivity (Wildman–Crippen MR) is 185 cm³/mol. The number of anilines is 2. The molecule has 20 heteroatoms.